The Bertz CT molecular complexity index is 925. The van der Waals surface area contributed by atoms with E-state index in [9.17, 15) is 4.79 Å². The number of rotatable bonds is 8. The Balaban J connectivity index is 2.02. The summed E-state index contributed by atoms with van der Waals surface area (Å²) in [7, 11) is 1.54. The molecule has 7 heteroatoms. The van der Waals surface area contributed by atoms with Crippen LogP contribution in [-0.4, -0.2) is 28.4 Å². The Kier molecular flexibility index (Phi) is 5.68. The van der Waals surface area contributed by atoms with Gasteiger partial charge in [0.2, 0.25) is 5.88 Å². The number of aromatic nitrogens is 3. The third-order valence-electron chi connectivity index (χ3n) is 3.96. The Labute approximate surface area is 151 Å². The topological polar surface area (TPSA) is 78.3 Å². The quantitative estimate of drug-likeness (QED) is 0.627. The van der Waals surface area contributed by atoms with Crippen LogP contribution in [0.1, 0.15) is 25.3 Å². The van der Waals surface area contributed by atoms with Crippen molar-refractivity contribution in [3.05, 3.63) is 58.6 Å². The molecule has 1 aromatic carbocycles. The average molecular weight is 354 g/mol. The number of fused-ring (bicyclic) bond motifs is 1. The molecule has 0 atom stereocenters. The molecule has 0 unspecified atom stereocenters. The summed E-state index contributed by atoms with van der Waals surface area (Å²) in [6.45, 7) is 3.06. The van der Waals surface area contributed by atoms with Gasteiger partial charge in [0, 0.05) is 12.6 Å². The molecule has 0 saturated carbocycles. The predicted octanol–water partition coefficient (Wildman–Crippen LogP) is 2.64. The van der Waals surface area contributed by atoms with Gasteiger partial charge in [-0.3, -0.25) is 4.79 Å². The highest BCUT2D eigenvalue weighted by molar-refractivity contribution is 5.93. The van der Waals surface area contributed by atoms with Gasteiger partial charge in [0.25, 0.3) is 5.56 Å². The number of hydrogen-bond donors (Lipinski definition) is 1. The highest BCUT2D eigenvalue weighted by Gasteiger charge is 2.16. The van der Waals surface area contributed by atoms with Crippen LogP contribution >= 0.6 is 0 Å². The Hall–Kier alpha value is -3.09. The molecule has 0 spiro atoms. The van der Waals surface area contributed by atoms with Gasteiger partial charge in [-0.15, -0.1) is 4.73 Å². The number of nitrogens with zero attached hydrogens (tertiary/aromatic N) is 3. The van der Waals surface area contributed by atoms with Crippen molar-refractivity contribution >= 4 is 16.7 Å². The van der Waals surface area contributed by atoms with Crippen LogP contribution in [0.15, 0.2) is 47.5 Å². The number of unbranched alkanes of at least 4 members (excludes halogenated alkanes) is 1. The zero-order chi connectivity index (χ0) is 18.4. The molecule has 0 fully saturated rings. The van der Waals surface area contributed by atoms with E-state index in [1.807, 2.05) is 30.3 Å². The zero-order valence-electron chi connectivity index (χ0n) is 14.9. The van der Waals surface area contributed by atoms with Crippen LogP contribution in [0, 0.1) is 0 Å². The lowest BCUT2D eigenvalue weighted by atomic mass is 10.2. The number of hydrogen-bond acceptors (Lipinski definition) is 6. The number of pyridine rings is 1. The van der Waals surface area contributed by atoms with Gasteiger partial charge in [0.15, 0.2) is 5.65 Å². The van der Waals surface area contributed by atoms with E-state index >= 15 is 0 Å². The third-order valence-corrected chi connectivity index (χ3v) is 3.96. The summed E-state index contributed by atoms with van der Waals surface area (Å²) in [5.74, 6) is 0.387. The SMILES string of the molecule is CCCCOn1c(=O)cc(NCc2ccccc2)c2c(OC)ncnc21. The molecule has 2 aromatic heterocycles. The van der Waals surface area contributed by atoms with Crippen molar-refractivity contribution < 1.29 is 9.57 Å². The second kappa shape index (κ2) is 8.33. The molecule has 0 amide bonds. The summed E-state index contributed by atoms with van der Waals surface area (Å²) in [4.78, 5) is 26.6. The number of ether oxygens (including phenoxy) is 1. The molecule has 0 bridgehead atoms. The molecule has 1 N–H and O–H groups in total. The van der Waals surface area contributed by atoms with Crippen LogP contribution in [0.25, 0.3) is 11.0 Å². The van der Waals surface area contributed by atoms with Gasteiger partial charge < -0.3 is 14.9 Å². The van der Waals surface area contributed by atoms with Gasteiger partial charge in [0.1, 0.15) is 18.3 Å². The van der Waals surface area contributed by atoms with Crippen LogP contribution in [-0.2, 0) is 6.54 Å². The van der Waals surface area contributed by atoms with Crippen molar-refractivity contribution in [3.8, 4) is 5.88 Å². The zero-order valence-corrected chi connectivity index (χ0v) is 14.9. The number of nitrogens with one attached hydrogen (secondary N) is 1. The van der Waals surface area contributed by atoms with E-state index in [-0.39, 0.29) is 5.56 Å². The van der Waals surface area contributed by atoms with Crippen molar-refractivity contribution in [1.82, 2.24) is 14.7 Å². The fourth-order valence-corrected chi connectivity index (χ4v) is 2.62. The normalized spacial score (nSPS) is 10.7. The summed E-state index contributed by atoms with van der Waals surface area (Å²) in [6, 6.07) is 11.4. The number of anilines is 1. The fourth-order valence-electron chi connectivity index (χ4n) is 2.62. The molecule has 0 aliphatic heterocycles. The average Bonchev–Trinajstić information content (AvgIpc) is 2.68. The van der Waals surface area contributed by atoms with Crippen LogP contribution in [0.5, 0.6) is 5.88 Å². The van der Waals surface area contributed by atoms with Crippen LogP contribution in [0.3, 0.4) is 0 Å². The maximum absolute atomic E-state index is 12.6. The molecule has 0 saturated heterocycles. The molecule has 7 nitrogen and oxygen atoms in total. The van der Waals surface area contributed by atoms with E-state index in [2.05, 4.69) is 22.2 Å². The summed E-state index contributed by atoms with van der Waals surface area (Å²) < 4.78 is 6.59. The first kappa shape index (κ1) is 17.7. The Morgan fingerprint density at radius 2 is 2.00 bits per heavy atom. The molecular weight excluding hydrogens is 332 g/mol. The van der Waals surface area contributed by atoms with Crippen molar-refractivity contribution in [3.63, 3.8) is 0 Å². The second-order valence-electron chi connectivity index (χ2n) is 5.80. The third kappa shape index (κ3) is 3.77. The molecule has 0 radical (unpaired) electrons. The molecular formula is C19H22N4O3. The maximum atomic E-state index is 12.6. The highest BCUT2D eigenvalue weighted by atomic mass is 16.7. The molecule has 3 aromatic rings. The maximum Gasteiger partial charge on any atom is 0.287 e. The van der Waals surface area contributed by atoms with Gasteiger partial charge in [-0.05, 0) is 12.0 Å². The molecule has 26 heavy (non-hydrogen) atoms. The molecule has 2 heterocycles. The van der Waals surface area contributed by atoms with Gasteiger partial charge >= 0.3 is 0 Å². The van der Waals surface area contributed by atoms with Crippen LogP contribution in [0.4, 0.5) is 5.69 Å². The first-order valence-electron chi connectivity index (χ1n) is 8.60. The standard InChI is InChI=1S/C19H22N4O3/c1-3-4-10-26-23-16(24)11-15(20-12-14-8-6-5-7-9-14)17-18(23)21-13-22-19(17)25-2/h5-9,11,13,20H,3-4,10,12H2,1-2H3. The summed E-state index contributed by atoms with van der Waals surface area (Å²) in [6.07, 6.45) is 3.19. The molecule has 3 rings (SSSR count). The summed E-state index contributed by atoms with van der Waals surface area (Å²) in [5, 5.41) is 3.90. The van der Waals surface area contributed by atoms with Crippen LogP contribution in [0.2, 0.25) is 0 Å². The summed E-state index contributed by atoms with van der Waals surface area (Å²) >= 11 is 0. The highest BCUT2D eigenvalue weighted by Crippen LogP contribution is 2.27. The van der Waals surface area contributed by atoms with Crippen molar-refractivity contribution in [2.24, 2.45) is 0 Å². The second-order valence-corrected chi connectivity index (χ2v) is 5.80. The van der Waals surface area contributed by atoms with Crippen molar-refractivity contribution in [1.29, 1.82) is 0 Å². The van der Waals surface area contributed by atoms with Crippen molar-refractivity contribution in [2.45, 2.75) is 26.3 Å². The first-order chi connectivity index (χ1) is 12.7. The smallest absolute Gasteiger partial charge is 0.287 e. The van der Waals surface area contributed by atoms with Gasteiger partial charge in [-0.1, -0.05) is 43.7 Å². The fraction of sp³-hybridized carbons (Fsp3) is 0.316. The minimum absolute atomic E-state index is 0.287. The van der Waals surface area contributed by atoms with E-state index in [1.54, 1.807) is 0 Å². The van der Waals surface area contributed by atoms with E-state index in [0.29, 0.717) is 35.8 Å². The largest absolute Gasteiger partial charge is 0.480 e. The molecule has 0 aliphatic carbocycles. The van der Waals surface area contributed by atoms with E-state index < -0.39 is 0 Å². The lowest BCUT2D eigenvalue weighted by Gasteiger charge is -2.15. The minimum Gasteiger partial charge on any atom is -0.480 e. The van der Waals surface area contributed by atoms with E-state index in [0.717, 1.165) is 18.4 Å². The van der Waals surface area contributed by atoms with Gasteiger partial charge in [-0.2, -0.15) is 0 Å². The van der Waals surface area contributed by atoms with E-state index in [1.165, 1.54) is 24.2 Å². The summed E-state index contributed by atoms with van der Waals surface area (Å²) in [5.41, 5.74) is 1.81. The van der Waals surface area contributed by atoms with Crippen molar-refractivity contribution in [2.75, 3.05) is 19.0 Å². The number of methoxy groups -OCH3 is 1. The van der Waals surface area contributed by atoms with E-state index in [4.69, 9.17) is 9.57 Å². The Morgan fingerprint density at radius 3 is 2.73 bits per heavy atom. The minimum atomic E-state index is -0.287. The number of benzene rings is 1. The predicted molar refractivity (Wildman–Crippen MR) is 100 cm³/mol. The lowest BCUT2D eigenvalue weighted by molar-refractivity contribution is 0.108. The monoisotopic (exact) mass is 354 g/mol. The molecule has 0 aliphatic rings. The molecule has 136 valence electrons. The lowest BCUT2D eigenvalue weighted by Crippen LogP contribution is -2.28. The van der Waals surface area contributed by atoms with Gasteiger partial charge in [0.05, 0.1) is 12.8 Å². The Morgan fingerprint density at radius 1 is 1.19 bits per heavy atom. The first-order valence-corrected chi connectivity index (χ1v) is 8.60. The van der Waals surface area contributed by atoms with Crippen LogP contribution < -0.4 is 20.5 Å². The van der Waals surface area contributed by atoms with Gasteiger partial charge in [-0.25, -0.2) is 9.97 Å².